The van der Waals surface area contributed by atoms with E-state index in [4.69, 9.17) is 0 Å². The molecule has 6 heteroatoms. The molecule has 0 fully saturated rings. The number of H-pyrrole nitrogens is 2. The van der Waals surface area contributed by atoms with E-state index in [2.05, 4.69) is 29.9 Å². The zero-order chi connectivity index (χ0) is 16.4. The topological polar surface area (TPSA) is 83.1 Å². The number of aromatic amines is 2. The van der Waals surface area contributed by atoms with Crippen LogP contribution in [-0.4, -0.2) is 29.9 Å². The van der Waals surface area contributed by atoms with E-state index in [0.717, 1.165) is 34.3 Å². The Labute approximate surface area is 139 Å². The number of hydrogen-bond donors (Lipinski definition) is 2. The maximum atomic E-state index is 4.66. The average molecular weight is 316 g/mol. The number of hydrogen-bond acceptors (Lipinski definition) is 4. The fourth-order valence-corrected chi connectivity index (χ4v) is 2.56. The number of aryl methyl sites for hydroxylation is 1. The van der Waals surface area contributed by atoms with Gasteiger partial charge in [-0.05, 0) is 37.3 Å². The van der Waals surface area contributed by atoms with Crippen molar-refractivity contribution in [2.24, 2.45) is 0 Å². The second-order valence-electron chi connectivity index (χ2n) is 5.56. The molecule has 0 aromatic carbocycles. The van der Waals surface area contributed by atoms with Gasteiger partial charge in [-0.15, -0.1) is 0 Å². The molecule has 24 heavy (non-hydrogen) atoms. The molecule has 118 valence electrons. The number of nitrogens with one attached hydrogen (secondary N) is 2. The number of pyridine rings is 1. The Morgan fingerprint density at radius 2 is 1.83 bits per heavy atom. The lowest BCUT2D eigenvalue weighted by Crippen LogP contribution is -1.99. The molecule has 0 saturated carbocycles. The molecule has 4 heterocycles. The van der Waals surface area contributed by atoms with Gasteiger partial charge in [0.05, 0.1) is 11.4 Å². The van der Waals surface area contributed by atoms with Crippen LogP contribution in [-0.2, 0) is 6.42 Å². The van der Waals surface area contributed by atoms with E-state index in [9.17, 15) is 0 Å². The first-order valence-electron chi connectivity index (χ1n) is 7.71. The van der Waals surface area contributed by atoms with Gasteiger partial charge in [0.1, 0.15) is 5.69 Å². The van der Waals surface area contributed by atoms with E-state index >= 15 is 0 Å². The zero-order valence-electron chi connectivity index (χ0n) is 13.2. The van der Waals surface area contributed by atoms with E-state index in [1.54, 1.807) is 18.6 Å². The van der Waals surface area contributed by atoms with Gasteiger partial charge in [0, 0.05) is 36.4 Å². The highest BCUT2D eigenvalue weighted by Crippen LogP contribution is 2.16. The van der Waals surface area contributed by atoms with Gasteiger partial charge in [-0.1, -0.05) is 6.07 Å². The molecule has 0 radical (unpaired) electrons. The summed E-state index contributed by atoms with van der Waals surface area (Å²) in [6.45, 7) is 2.01. The Morgan fingerprint density at radius 3 is 2.62 bits per heavy atom. The fraction of sp³-hybridized carbons (Fsp3) is 0.111. The first-order chi connectivity index (χ1) is 11.8. The molecule has 2 N–H and O–H groups in total. The minimum atomic E-state index is 0.643. The molecule has 0 saturated heterocycles. The van der Waals surface area contributed by atoms with Crippen molar-refractivity contribution in [1.29, 1.82) is 0 Å². The summed E-state index contributed by atoms with van der Waals surface area (Å²) in [4.78, 5) is 24.2. The van der Waals surface area contributed by atoms with Gasteiger partial charge in [0.2, 0.25) is 0 Å². The molecule has 4 aromatic heterocycles. The Bertz CT molecular complexity index is 955. The van der Waals surface area contributed by atoms with E-state index in [1.165, 1.54) is 0 Å². The van der Waals surface area contributed by atoms with Crippen molar-refractivity contribution in [3.05, 3.63) is 72.1 Å². The maximum Gasteiger partial charge on any atom is 0.176 e. The van der Waals surface area contributed by atoms with Crippen LogP contribution in [0, 0.1) is 6.92 Å². The lowest BCUT2D eigenvalue weighted by atomic mass is 10.2. The van der Waals surface area contributed by atoms with Crippen molar-refractivity contribution in [2.75, 3.05) is 0 Å². The van der Waals surface area contributed by atoms with Gasteiger partial charge in [-0.3, -0.25) is 0 Å². The molecule has 0 spiro atoms. The fourth-order valence-electron chi connectivity index (χ4n) is 2.56. The van der Waals surface area contributed by atoms with E-state index in [1.807, 2.05) is 43.3 Å². The molecule has 0 unspecified atom stereocenters. The van der Waals surface area contributed by atoms with Gasteiger partial charge in [0.15, 0.2) is 11.6 Å². The minimum absolute atomic E-state index is 0.643. The third-order valence-electron chi connectivity index (χ3n) is 3.70. The summed E-state index contributed by atoms with van der Waals surface area (Å²) in [5.74, 6) is 1.46. The third kappa shape index (κ3) is 2.94. The molecule has 6 nitrogen and oxygen atoms in total. The molecule has 0 atom stereocenters. The van der Waals surface area contributed by atoms with Gasteiger partial charge in [0.25, 0.3) is 0 Å². The molecule has 0 aliphatic rings. The highest BCUT2D eigenvalue weighted by atomic mass is 14.9. The molecule has 4 aromatic rings. The Balaban J connectivity index is 1.61. The molecule has 0 aliphatic heterocycles. The third-order valence-corrected chi connectivity index (χ3v) is 3.70. The van der Waals surface area contributed by atoms with Crippen LogP contribution < -0.4 is 0 Å². The predicted octanol–water partition coefficient (Wildman–Crippen LogP) is 3.16. The Kier molecular flexibility index (Phi) is 3.63. The second kappa shape index (κ2) is 6.08. The van der Waals surface area contributed by atoms with Gasteiger partial charge < -0.3 is 9.97 Å². The van der Waals surface area contributed by atoms with Gasteiger partial charge in [-0.2, -0.15) is 0 Å². The number of imidazole rings is 1. The summed E-state index contributed by atoms with van der Waals surface area (Å²) in [5, 5.41) is 0. The van der Waals surface area contributed by atoms with Gasteiger partial charge >= 0.3 is 0 Å². The van der Waals surface area contributed by atoms with Crippen molar-refractivity contribution in [2.45, 2.75) is 13.3 Å². The van der Waals surface area contributed by atoms with Crippen molar-refractivity contribution in [1.82, 2.24) is 29.9 Å². The number of aromatic nitrogens is 6. The van der Waals surface area contributed by atoms with E-state index in [-0.39, 0.29) is 0 Å². The van der Waals surface area contributed by atoms with E-state index < -0.39 is 0 Å². The number of nitrogens with zero attached hydrogens (tertiary/aromatic N) is 4. The first-order valence-corrected chi connectivity index (χ1v) is 7.71. The highest BCUT2D eigenvalue weighted by molar-refractivity contribution is 5.51. The lowest BCUT2D eigenvalue weighted by Gasteiger charge is -2.04. The van der Waals surface area contributed by atoms with Crippen molar-refractivity contribution in [3.63, 3.8) is 0 Å². The molecule has 0 aliphatic carbocycles. The van der Waals surface area contributed by atoms with Crippen LogP contribution in [0.15, 0.2) is 55.0 Å². The minimum Gasteiger partial charge on any atom is -0.356 e. The van der Waals surface area contributed by atoms with Crippen molar-refractivity contribution >= 4 is 0 Å². The first kappa shape index (κ1) is 14.3. The largest absolute Gasteiger partial charge is 0.356 e. The molecule has 0 amide bonds. The lowest BCUT2D eigenvalue weighted by molar-refractivity contribution is 0.985. The van der Waals surface area contributed by atoms with Crippen LogP contribution in [0.5, 0.6) is 0 Å². The molecule has 0 bridgehead atoms. The molecule has 4 rings (SSSR count). The summed E-state index contributed by atoms with van der Waals surface area (Å²) in [7, 11) is 0. The van der Waals surface area contributed by atoms with Crippen LogP contribution in [0.4, 0.5) is 0 Å². The Hall–Kier alpha value is -3.28. The second-order valence-corrected chi connectivity index (χ2v) is 5.56. The number of rotatable bonds is 4. The monoisotopic (exact) mass is 316 g/mol. The van der Waals surface area contributed by atoms with Gasteiger partial charge in [-0.25, -0.2) is 19.9 Å². The van der Waals surface area contributed by atoms with E-state index in [0.29, 0.717) is 12.2 Å². The normalized spacial score (nSPS) is 10.9. The zero-order valence-corrected chi connectivity index (χ0v) is 13.2. The summed E-state index contributed by atoms with van der Waals surface area (Å²) < 4.78 is 0. The van der Waals surface area contributed by atoms with Crippen molar-refractivity contribution in [3.8, 4) is 23.0 Å². The van der Waals surface area contributed by atoms with Crippen LogP contribution in [0.1, 0.15) is 17.1 Å². The van der Waals surface area contributed by atoms with Crippen molar-refractivity contribution < 1.29 is 0 Å². The molecular weight excluding hydrogens is 300 g/mol. The van der Waals surface area contributed by atoms with Crippen LogP contribution in [0.2, 0.25) is 0 Å². The molecular formula is C18H16N6. The SMILES string of the molecule is Cc1ccc(-c2nccc(Cc3cccc(-c4ncc[nH]4)n3)n2)[nH]1. The standard InChI is InChI=1S/C18H16N6/c1-12-5-6-16(22-12)18-19-8-7-14(24-18)11-13-3-2-4-15(23-13)17-20-9-10-21-17/h2-10,22H,11H2,1H3,(H,20,21). The summed E-state index contributed by atoms with van der Waals surface area (Å²) in [6.07, 6.45) is 5.94. The highest BCUT2D eigenvalue weighted by Gasteiger charge is 2.07. The average Bonchev–Trinajstić information content (AvgIpc) is 3.27. The smallest absolute Gasteiger partial charge is 0.176 e. The van der Waals surface area contributed by atoms with Crippen LogP contribution in [0.25, 0.3) is 23.0 Å². The summed E-state index contributed by atoms with van der Waals surface area (Å²) in [5.41, 5.74) is 4.71. The maximum absolute atomic E-state index is 4.66. The summed E-state index contributed by atoms with van der Waals surface area (Å²) in [6, 6.07) is 11.8. The van der Waals surface area contributed by atoms with Crippen LogP contribution in [0.3, 0.4) is 0 Å². The quantitative estimate of drug-likeness (QED) is 0.606. The van der Waals surface area contributed by atoms with Crippen LogP contribution >= 0.6 is 0 Å². The summed E-state index contributed by atoms with van der Waals surface area (Å²) >= 11 is 0. The predicted molar refractivity (Wildman–Crippen MR) is 91.2 cm³/mol. The Morgan fingerprint density at radius 1 is 0.917 bits per heavy atom.